The van der Waals surface area contributed by atoms with Crippen molar-refractivity contribution in [3.8, 4) is 0 Å². The first-order chi connectivity index (χ1) is 9.38. The molecule has 1 aromatic heterocycles. The van der Waals surface area contributed by atoms with E-state index in [0.29, 0.717) is 5.69 Å². The molecule has 1 unspecified atom stereocenters. The Morgan fingerprint density at radius 3 is 2.60 bits per heavy atom. The van der Waals surface area contributed by atoms with E-state index < -0.39 is 5.97 Å². The van der Waals surface area contributed by atoms with E-state index in [-0.39, 0.29) is 17.8 Å². The Kier molecular flexibility index (Phi) is 5.92. The molecule has 0 saturated carbocycles. The molecule has 0 fully saturated rings. The maximum atomic E-state index is 11.7. The summed E-state index contributed by atoms with van der Waals surface area (Å²) in [6.07, 6.45) is 2.16. The van der Waals surface area contributed by atoms with Crippen LogP contribution in [-0.2, 0) is 0 Å². The second-order valence-electron chi connectivity index (χ2n) is 4.83. The maximum absolute atomic E-state index is 11.7. The van der Waals surface area contributed by atoms with Gasteiger partial charge < -0.3 is 20.6 Å². The minimum atomic E-state index is -1.10. The third kappa shape index (κ3) is 5.66. The Bertz CT molecular complexity index is 459. The van der Waals surface area contributed by atoms with Gasteiger partial charge in [0.25, 0.3) is 0 Å². The first-order valence-electron chi connectivity index (χ1n) is 6.30. The molecule has 1 heterocycles. The molecule has 1 aromatic rings. The Morgan fingerprint density at radius 1 is 1.40 bits per heavy atom. The highest BCUT2D eigenvalue weighted by atomic mass is 16.4. The van der Waals surface area contributed by atoms with E-state index in [9.17, 15) is 9.59 Å². The topological polar surface area (TPSA) is 94.6 Å². The van der Waals surface area contributed by atoms with Crippen molar-refractivity contribution in [1.29, 1.82) is 0 Å². The molecule has 0 bridgehead atoms. The molecule has 7 nitrogen and oxygen atoms in total. The van der Waals surface area contributed by atoms with Crippen molar-refractivity contribution in [2.24, 2.45) is 0 Å². The van der Waals surface area contributed by atoms with Gasteiger partial charge in [-0.3, -0.25) is 0 Å². The summed E-state index contributed by atoms with van der Waals surface area (Å²) in [5, 5.41) is 14.1. The fourth-order valence-corrected chi connectivity index (χ4v) is 1.51. The Morgan fingerprint density at radius 2 is 2.10 bits per heavy atom. The van der Waals surface area contributed by atoms with Crippen LogP contribution < -0.4 is 10.6 Å². The van der Waals surface area contributed by atoms with E-state index in [2.05, 4.69) is 15.6 Å². The fourth-order valence-electron chi connectivity index (χ4n) is 1.51. The number of nitrogens with zero attached hydrogens (tertiary/aromatic N) is 2. The maximum Gasteiger partial charge on any atom is 0.354 e. The average molecular weight is 280 g/mol. The van der Waals surface area contributed by atoms with Crippen molar-refractivity contribution < 1.29 is 14.7 Å². The number of aromatic carboxylic acids is 1. The number of nitrogens with one attached hydrogen (secondary N) is 2. The van der Waals surface area contributed by atoms with Gasteiger partial charge in [0.05, 0.1) is 11.9 Å². The van der Waals surface area contributed by atoms with Crippen LogP contribution in [0.25, 0.3) is 0 Å². The molecule has 110 valence electrons. The molecule has 2 amide bonds. The molecule has 1 rings (SSSR count). The summed E-state index contributed by atoms with van der Waals surface area (Å²) < 4.78 is 0. The highest BCUT2D eigenvalue weighted by Gasteiger charge is 2.09. The second kappa shape index (κ2) is 7.44. The van der Waals surface area contributed by atoms with Crippen LogP contribution in [0.1, 0.15) is 23.8 Å². The number of carboxylic acids is 1. The number of anilines is 1. The van der Waals surface area contributed by atoms with Gasteiger partial charge in [0.15, 0.2) is 0 Å². The summed E-state index contributed by atoms with van der Waals surface area (Å²) in [7, 11) is 3.95. The molecule has 7 heteroatoms. The fraction of sp³-hybridized carbons (Fsp3) is 0.462. The zero-order chi connectivity index (χ0) is 15.1. The molecule has 0 aromatic carbocycles. The van der Waals surface area contributed by atoms with Crippen LogP contribution >= 0.6 is 0 Å². The van der Waals surface area contributed by atoms with Gasteiger partial charge >= 0.3 is 12.0 Å². The predicted octanol–water partition coefficient (Wildman–Crippen LogP) is 1.24. The highest BCUT2D eigenvalue weighted by Crippen LogP contribution is 2.06. The smallest absolute Gasteiger partial charge is 0.354 e. The lowest BCUT2D eigenvalue weighted by atomic mass is 10.2. The highest BCUT2D eigenvalue weighted by molar-refractivity contribution is 5.90. The molecule has 0 aliphatic heterocycles. The van der Waals surface area contributed by atoms with Crippen LogP contribution in [0.15, 0.2) is 18.3 Å². The molecule has 0 saturated heterocycles. The number of hydrogen-bond donors (Lipinski definition) is 3. The van der Waals surface area contributed by atoms with Crippen molar-refractivity contribution in [1.82, 2.24) is 15.2 Å². The monoisotopic (exact) mass is 280 g/mol. The molecule has 1 atom stereocenters. The minimum absolute atomic E-state index is 0.0450. The zero-order valence-electron chi connectivity index (χ0n) is 11.9. The lowest BCUT2D eigenvalue weighted by Gasteiger charge is -2.17. The van der Waals surface area contributed by atoms with E-state index in [0.717, 1.165) is 13.0 Å². The first-order valence-corrected chi connectivity index (χ1v) is 6.30. The van der Waals surface area contributed by atoms with Crippen molar-refractivity contribution in [2.75, 3.05) is 26.0 Å². The normalized spacial score (nSPS) is 12.0. The molecular formula is C13H20N4O3. The van der Waals surface area contributed by atoms with Gasteiger partial charge in [-0.25, -0.2) is 14.6 Å². The summed E-state index contributed by atoms with van der Waals surface area (Å²) in [5.41, 5.74) is 0.391. The Hall–Kier alpha value is -2.15. The molecule has 0 spiro atoms. The van der Waals surface area contributed by atoms with Gasteiger partial charge in [-0.1, -0.05) is 0 Å². The number of amides is 2. The van der Waals surface area contributed by atoms with Gasteiger partial charge in [0.2, 0.25) is 0 Å². The average Bonchev–Trinajstić information content (AvgIpc) is 2.36. The number of carboxylic acid groups (broad SMARTS) is 1. The standard InChI is InChI=1S/C13H20N4O3/c1-9(6-7-17(2)3)15-13(20)16-10-4-5-11(12(18)19)14-8-10/h4-5,8-9H,6-7H2,1-3H3,(H,18,19)(H2,15,16,20). The van der Waals surface area contributed by atoms with Crippen molar-refractivity contribution in [3.63, 3.8) is 0 Å². The molecular weight excluding hydrogens is 260 g/mol. The number of carbonyl (C=O) groups excluding carboxylic acids is 1. The second-order valence-corrected chi connectivity index (χ2v) is 4.83. The lowest BCUT2D eigenvalue weighted by Crippen LogP contribution is -2.37. The van der Waals surface area contributed by atoms with Gasteiger partial charge in [-0.2, -0.15) is 0 Å². The van der Waals surface area contributed by atoms with Crippen molar-refractivity contribution in [3.05, 3.63) is 24.0 Å². The van der Waals surface area contributed by atoms with E-state index in [1.807, 2.05) is 25.9 Å². The minimum Gasteiger partial charge on any atom is -0.477 e. The summed E-state index contributed by atoms with van der Waals surface area (Å²) >= 11 is 0. The van der Waals surface area contributed by atoms with Gasteiger partial charge in [0, 0.05) is 6.04 Å². The SMILES string of the molecule is CC(CCN(C)C)NC(=O)Nc1ccc(C(=O)O)nc1. The Labute approximate surface area is 118 Å². The number of rotatable bonds is 6. The number of pyridine rings is 1. The van der Waals surface area contributed by atoms with Gasteiger partial charge in [0.1, 0.15) is 5.69 Å². The van der Waals surface area contributed by atoms with E-state index in [4.69, 9.17) is 5.11 Å². The van der Waals surface area contributed by atoms with Crippen molar-refractivity contribution in [2.45, 2.75) is 19.4 Å². The number of aromatic nitrogens is 1. The van der Waals surface area contributed by atoms with Crippen LogP contribution in [0, 0.1) is 0 Å². The van der Waals surface area contributed by atoms with E-state index in [1.54, 1.807) is 0 Å². The van der Waals surface area contributed by atoms with E-state index in [1.165, 1.54) is 18.3 Å². The number of hydrogen-bond acceptors (Lipinski definition) is 4. The Balaban J connectivity index is 2.43. The van der Waals surface area contributed by atoms with Gasteiger partial charge in [-0.05, 0) is 46.1 Å². The van der Waals surface area contributed by atoms with Crippen LogP contribution in [-0.4, -0.2) is 53.7 Å². The molecule has 20 heavy (non-hydrogen) atoms. The first kappa shape index (κ1) is 15.9. The van der Waals surface area contributed by atoms with Crippen LogP contribution in [0.5, 0.6) is 0 Å². The molecule has 0 radical (unpaired) electrons. The van der Waals surface area contributed by atoms with Crippen LogP contribution in [0.4, 0.5) is 10.5 Å². The zero-order valence-corrected chi connectivity index (χ0v) is 11.9. The van der Waals surface area contributed by atoms with Crippen LogP contribution in [0.3, 0.4) is 0 Å². The molecule has 0 aliphatic rings. The van der Waals surface area contributed by atoms with Gasteiger partial charge in [-0.15, -0.1) is 0 Å². The largest absolute Gasteiger partial charge is 0.477 e. The summed E-state index contributed by atoms with van der Waals surface area (Å²) in [5.74, 6) is -1.10. The van der Waals surface area contributed by atoms with E-state index >= 15 is 0 Å². The quantitative estimate of drug-likeness (QED) is 0.729. The lowest BCUT2D eigenvalue weighted by molar-refractivity contribution is 0.0690. The number of urea groups is 1. The number of carbonyl (C=O) groups is 2. The summed E-state index contributed by atoms with van der Waals surface area (Å²) in [6.45, 7) is 2.81. The summed E-state index contributed by atoms with van der Waals surface area (Å²) in [4.78, 5) is 28.1. The molecule has 0 aliphatic carbocycles. The van der Waals surface area contributed by atoms with Crippen molar-refractivity contribution >= 4 is 17.7 Å². The third-order valence-electron chi connectivity index (χ3n) is 2.63. The summed E-state index contributed by atoms with van der Waals surface area (Å²) in [6, 6.07) is 2.55. The third-order valence-corrected chi connectivity index (χ3v) is 2.63. The van der Waals surface area contributed by atoms with Crippen LogP contribution in [0.2, 0.25) is 0 Å². The molecule has 3 N–H and O–H groups in total. The predicted molar refractivity (Wildman–Crippen MR) is 76.0 cm³/mol.